The Balaban J connectivity index is 1.33. The van der Waals surface area contributed by atoms with E-state index in [1.807, 2.05) is 11.0 Å². The number of carbonyl (C=O) groups excluding carboxylic acids is 2. The lowest BCUT2D eigenvalue weighted by Crippen LogP contribution is -2.41. The number of nitrogens with one attached hydrogen (secondary N) is 2. The molecule has 0 radical (unpaired) electrons. The van der Waals surface area contributed by atoms with Gasteiger partial charge in [-0.15, -0.1) is 11.3 Å². The smallest absolute Gasteiger partial charge is 0.277 e. The standard InChI is InChI=1S/C21H23N7O2S/c22-10-15-16(11-23)26-21(25-15)27-18(29)17-12-31-19(24-17)13-6-8-28(9-7-13)20(30)14-4-2-1-3-5-14/h12-14H,1-9H2,(H2,25,26,27,29). The third kappa shape index (κ3) is 4.59. The largest absolute Gasteiger partial charge is 0.342 e. The molecule has 1 aliphatic heterocycles. The number of H-pyrrole nitrogens is 1. The second-order valence-corrected chi connectivity index (χ2v) is 8.88. The number of thiazole rings is 1. The maximum atomic E-state index is 12.7. The second-order valence-electron chi connectivity index (χ2n) is 7.99. The van der Waals surface area contributed by atoms with Gasteiger partial charge in [-0.1, -0.05) is 19.3 Å². The Morgan fingerprint density at radius 2 is 1.84 bits per heavy atom. The highest BCUT2D eigenvalue weighted by molar-refractivity contribution is 7.10. The first-order valence-corrected chi connectivity index (χ1v) is 11.4. The summed E-state index contributed by atoms with van der Waals surface area (Å²) in [4.78, 5) is 38.2. The Labute approximate surface area is 184 Å². The van der Waals surface area contributed by atoms with Gasteiger partial charge in [-0.25, -0.2) is 9.97 Å². The maximum absolute atomic E-state index is 12.7. The summed E-state index contributed by atoms with van der Waals surface area (Å²) in [6, 6.07) is 3.63. The topological polar surface area (TPSA) is 139 Å². The highest BCUT2D eigenvalue weighted by atomic mass is 32.1. The zero-order valence-electron chi connectivity index (χ0n) is 17.1. The van der Waals surface area contributed by atoms with Gasteiger partial charge in [0.1, 0.15) is 17.8 Å². The molecule has 10 heteroatoms. The second kappa shape index (κ2) is 9.27. The third-order valence-electron chi connectivity index (χ3n) is 6.02. The highest BCUT2D eigenvalue weighted by Gasteiger charge is 2.30. The Hall–Kier alpha value is -3.24. The number of anilines is 1. The first-order valence-electron chi connectivity index (χ1n) is 10.5. The van der Waals surface area contributed by atoms with Crippen molar-refractivity contribution in [2.24, 2.45) is 5.92 Å². The Morgan fingerprint density at radius 1 is 1.10 bits per heavy atom. The summed E-state index contributed by atoms with van der Waals surface area (Å²) in [6.45, 7) is 1.47. The van der Waals surface area contributed by atoms with E-state index in [-0.39, 0.29) is 34.9 Å². The van der Waals surface area contributed by atoms with Gasteiger partial charge >= 0.3 is 0 Å². The molecule has 2 aromatic rings. The van der Waals surface area contributed by atoms with E-state index in [0.29, 0.717) is 5.91 Å². The van der Waals surface area contributed by atoms with E-state index in [1.54, 1.807) is 11.4 Å². The van der Waals surface area contributed by atoms with Crippen LogP contribution in [0.2, 0.25) is 0 Å². The Bertz CT molecular complexity index is 1020. The maximum Gasteiger partial charge on any atom is 0.277 e. The molecule has 0 aromatic carbocycles. The van der Waals surface area contributed by atoms with Gasteiger partial charge in [-0.3, -0.25) is 14.9 Å². The number of hydrogen-bond acceptors (Lipinski definition) is 7. The summed E-state index contributed by atoms with van der Waals surface area (Å²) in [6.07, 6.45) is 7.29. The molecule has 2 aliphatic rings. The van der Waals surface area contributed by atoms with Crippen molar-refractivity contribution < 1.29 is 9.59 Å². The number of piperidine rings is 1. The van der Waals surface area contributed by atoms with E-state index in [1.165, 1.54) is 17.8 Å². The van der Waals surface area contributed by atoms with Crippen LogP contribution in [0.3, 0.4) is 0 Å². The molecule has 2 fully saturated rings. The van der Waals surface area contributed by atoms with Gasteiger partial charge in [0.15, 0.2) is 11.4 Å². The van der Waals surface area contributed by atoms with Gasteiger partial charge in [0.25, 0.3) is 5.91 Å². The van der Waals surface area contributed by atoms with Crippen LogP contribution in [-0.4, -0.2) is 44.8 Å². The predicted molar refractivity (Wildman–Crippen MR) is 113 cm³/mol. The SMILES string of the molecule is N#Cc1nc(NC(=O)c2csc(C3CCN(C(=O)C4CCCCC4)CC3)n2)[nH]c1C#N. The van der Waals surface area contributed by atoms with Gasteiger partial charge in [0, 0.05) is 30.3 Å². The molecule has 0 unspecified atom stereocenters. The summed E-state index contributed by atoms with van der Waals surface area (Å²) in [5.41, 5.74) is 0.215. The van der Waals surface area contributed by atoms with Gasteiger partial charge in [-0.2, -0.15) is 10.5 Å². The van der Waals surface area contributed by atoms with Crippen molar-refractivity contribution in [2.75, 3.05) is 18.4 Å². The number of rotatable bonds is 4. The van der Waals surface area contributed by atoms with Crippen LogP contribution < -0.4 is 5.32 Å². The molecule has 2 aromatic heterocycles. The number of aromatic amines is 1. The molecule has 4 rings (SSSR count). The zero-order chi connectivity index (χ0) is 21.8. The fraction of sp³-hybridized carbons (Fsp3) is 0.524. The number of imidazole rings is 1. The lowest BCUT2D eigenvalue weighted by Gasteiger charge is -2.34. The van der Waals surface area contributed by atoms with Crippen molar-refractivity contribution in [2.45, 2.75) is 50.9 Å². The highest BCUT2D eigenvalue weighted by Crippen LogP contribution is 2.32. The molecule has 3 heterocycles. The monoisotopic (exact) mass is 437 g/mol. The van der Waals surface area contributed by atoms with Gasteiger partial charge in [-0.05, 0) is 25.7 Å². The van der Waals surface area contributed by atoms with Crippen LogP contribution in [0.5, 0.6) is 0 Å². The van der Waals surface area contributed by atoms with Crippen molar-refractivity contribution in [1.82, 2.24) is 19.9 Å². The van der Waals surface area contributed by atoms with Crippen molar-refractivity contribution in [3.05, 3.63) is 27.5 Å². The average Bonchev–Trinajstić information content (AvgIpc) is 3.46. The molecule has 0 bridgehead atoms. The summed E-state index contributed by atoms with van der Waals surface area (Å²) >= 11 is 1.44. The van der Waals surface area contributed by atoms with E-state index < -0.39 is 5.91 Å². The number of carbonyl (C=O) groups is 2. The first kappa shape index (κ1) is 21.0. The number of aromatic nitrogens is 3. The molecule has 1 saturated carbocycles. The van der Waals surface area contributed by atoms with E-state index >= 15 is 0 Å². The minimum atomic E-state index is -0.449. The van der Waals surface area contributed by atoms with Crippen LogP contribution in [-0.2, 0) is 4.79 Å². The molecule has 1 aliphatic carbocycles. The van der Waals surface area contributed by atoms with Crippen LogP contribution in [0.15, 0.2) is 5.38 Å². The first-order chi connectivity index (χ1) is 15.1. The van der Waals surface area contributed by atoms with Crippen molar-refractivity contribution >= 4 is 29.1 Å². The molecule has 0 atom stereocenters. The van der Waals surface area contributed by atoms with Crippen LogP contribution >= 0.6 is 11.3 Å². The number of hydrogen-bond donors (Lipinski definition) is 2. The minimum Gasteiger partial charge on any atom is -0.342 e. The van der Waals surface area contributed by atoms with Crippen LogP contribution in [0.25, 0.3) is 0 Å². The molecule has 160 valence electrons. The van der Waals surface area contributed by atoms with E-state index in [9.17, 15) is 9.59 Å². The quantitative estimate of drug-likeness (QED) is 0.753. The molecule has 2 amide bonds. The van der Waals surface area contributed by atoms with E-state index in [2.05, 4.69) is 20.3 Å². The van der Waals surface area contributed by atoms with E-state index in [4.69, 9.17) is 10.5 Å². The summed E-state index contributed by atoms with van der Waals surface area (Å²) in [5, 5.41) is 23.1. The lowest BCUT2D eigenvalue weighted by molar-refractivity contribution is -0.137. The molecular weight excluding hydrogens is 414 g/mol. The fourth-order valence-electron chi connectivity index (χ4n) is 4.30. The molecule has 0 spiro atoms. The predicted octanol–water partition coefficient (Wildman–Crippen LogP) is 3.15. The lowest BCUT2D eigenvalue weighted by atomic mass is 9.87. The number of amides is 2. The average molecular weight is 438 g/mol. The Kier molecular flexibility index (Phi) is 6.28. The minimum absolute atomic E-state index is 0.00583. The van der Waals surface area contributed by atoms with Crippen LogP contribution in [0.4, 0.5) is 5.95 Å². The van der Waals surface area contributed by atoms with E-state index in [0.717, 1.165) is 56.6 Å². The van der Waals surface area contributed by atoms with Crippen molar-refractivity contribution in [3.63, 3.8) is 0 Å². The number of nitrogens with zero attached hydrogens (tertiary/aromatic N) is 5. The van der Waals surface area contributed by atoms with Gasteiger partial charge in [0.05, 0.1) is 5.01 Å². The number of nitriles is 2. The molecule has 31 heavy (non-hydrogen) atoms. The number of likely N-dealkylation sites (tertiary alicyclic amines) is 1. The normalized spacial score (nSPS) is 17.7. The zero-order valence-corrected chi connectivity index (χ0v) is 17.9. The molecular formula is C21H23N7O2S. The van der Waals surface area contributed by atoms with Crippen molar-refractivity contribution in [3.8, 4) is 12.1 Å². The van der Waals surface area contributed by atoms with Crippen LogP contribution in [0, 0.1) is 28.6 Å². The summed E-state index contributed by atoms with van der Waals surface area (Å²) in [7, 11) is 0. The molecule has 9 nitrogen and oxygen atoms in total. The molecule has 2 N–H and O–H groups in total. The van der Waals surface area contributed by atoms with Crippen LogP contribution in [0.1, 0.15) is 77.7 Å². The third-order valence-corrected chi connectivity index (χ3v) is 7.03. The van der Waals surface area contributed by atoms with Crippen molar-refractivity contribution in [1.29, 1.82) is 10.5 Å². The summed E-state index contributed by atoms with van der Waals surface area (Å²) in [5.74, 6) is 0.340. The fourth-order valence-corrected chi connectivity index (χ4v) is 5.27. The van der Waals surface area contributed by atoms with Gasteiger partial charge < -0.3 is 9.88 Å². The summed E-state index contributed by atoms with van der Waals surface area (Å²) < 4.78 is 0. The van der Waals surface area contributed by atoms with Gasteiger partial charge in [0.2, 0.25) is 11.9 Å². The Morgan fingerprint density at radius 3 is 2.48 bits per heavy atom. The molecule has 1 saturated heterocycles.